The molecule has 1 fully saturated rings. The molecule has 0 aliphatic carbocycles. The van der Waals surface area contributed by atoms with Crippen LogP contribution >= 0.6 is 0 Å². The predicted octanol–water partition coefficient (Wildman–Crippen LogP) is 2.20. The van der Waals surface area contributed by atoms with Crippen LogP contribution in [0.2, 0.25) is 0 Å². The molecule has 1 saturated heterocycles. The Labute approximate surface area is 103 Å². The van der Waals surface area contributed by atoms with Crippen molar-refractivity contribution in [3.8, 4) is 6.07 Å². The van der Waals surface area contributed by atoms with Crippen molar-refractivity contribution in [2.75, 3.05) is 23.7 Å². The molecule has 0 amide bonds. The molecule has 1 aliphatic heterocycles. The maximum Gasteiger partial charge on any atom is 0.133 e. The lowest BCUT2D eigenvalue weighted by Crippen LogP contribution is -2.23. The fraction of sp³-hybridized carbons (Fsp3) is 0.615. The van der Waals surface area contributed by atoms with E-state index in [1.165, 1.54) is 12.8 Å². The van der Waals surface area contributed by atoms with E-state index in [0.29, 0.717) is 11.6 Å². The van der Waals surface area contributed by atoms with Crippen molar-refractivity contribution in [2.45, 2.75) is 33.2 Å². The molecule has 92 valence electrons. The Balaban J connectivity index is 2.41. The number of nitrogen functional groups attached to an aromatic ring is 1. The minimum atomic E-state index is 0.509. The molecule has 0 spiro atoms. The molecule has 4 heteroatoms. The number of nitriles is 1. The number of hydrogen-bond acceptors (Lipinski definition) is 3. The number of nitrogens with two attached hydrogens (primary N) is 1. The fourth-order valence-electron chi connectivity index (χ4n) is 2.48. The van der Waals surface area contributed by atoms with Crippen molar-refractivity contribution >= 4 is 11.5 Å². The van der Waals surface area contributed by atoms with Gasteiger partial charge in [-0.3, -0.25) is 0 Å². The molecule has 0 bridgehead atoms. The molecule has 2 rings (SSSR count). The lowest BCUT2D eigenvalue weighted by atomic mass is 10.2. The van der Waals surface area contributed by atoms with Crippen molar-refractivity contribution in [3.63, 3.8) is 0 Å². The second-order valence-electron chi connectivity index (χ2n) is 5.12. The molecule has 2 heterocycles. The van der Waals surface area contributed by atoms with Crippen LogP contribution < -0.4 is 10.6 Å². The SMILES string of the molecule is CC(C)Cn1c(C#N)cc(N)c1N1CCCC1. The summed E-state index contributed by atoms with van der Waals surface area (Å²) >= 11 is 0. The van der Waals surface area contributed by atoms with Crippen molar-refractivity contribution in [1.82, 2.24) is 4.57 Å². The third-order valence-electron chi connectivity index (χ3n) is 3.16. The van der Waals surface area contributed by atoms with Crippen LogP contribution in [0.3, 0.4) is 0 Å². The summed E-state index contributed by atoms with van der Waals surface area (Å²) < 4.78 is 2.07. The number of nitrogens with zero attached hydrogens (tertiary/aromatic N) is 3. The van der Waals surface area contributed by atoms with Gasteiger partial charge in [0.25, 0.3) is 0 Å². The normalized spacial score (nSPS) is 15.5. The second-order valence-corrected chi connectivity index (χ2v) is 5.12. The van der Waals surface area contributed by atoms with Crippen LogP contribution in [0.5, 0.6) is 0 Å². The molecule has 1 aromatic rings. The van der Waals surface area contributed by atoms with Crippen LogP contribution in [0.15, 0.2) is 6.07 Å². The second kappa shape index (κ2) is 4.70. The van der Waals surface area contributed by atoms with Gasteiger partial charge in [-0.1, -0.05) is 13.8 Å². The molecular weight excluding hydrogens is 212 g/mol. The van der Waals surface area contributed by atoms with E-state index in [-0.39, 0.29) is 0 Å². The van der Waals surface area contributed by atoms with Gasteiger partial charge in [-0.2, -0.15) is 5.26 Å². The standard InChI is InChI=1S/C13H20N4/c1-10(2)9-17-11(8-14)7-12(15)13(17)16-5-3-4-6-16/h7,10H,3-6,9,15H2,1-2H3. The monoisotopic (exact) mass is 232 g/mol. The van der Waals surface area contributed by atoms with Gasteiger partial charge in [-0.25, -0.2) is 0 Å². The Morgan fingerprint density at radius 1 is 1.41 bits per heavy atom. The molecule has 4 nitrogen and oxygen atoms in total. The van der Waals surface area contributed by atoms with Crippen LogP contribution in [-0.4, -0.2) is 17.7 Å². The molecule has 0 unspecified atom stereocenters. The van der Waals surface area contributed by atoms with Crippen LogP contribution in [0.1, 0.15) is 32.4 Å². The Bertz CT molecular complexity index is 433. The quantitative estimate of drug-likeness (QED) is 0.869. The molecule has 2 N–H and O–H groups in total. The number of anilines is 2. The molecule has 0 atom stereocenters. The zero-order chi connectivity index (χ0) is 12.4. The van der Waals surface area contributed by atoms with Crippen molar-refractivity contribution in [1.29, 1.82) is 5.26 Å². The first-order valence-corrected chi connectivity index (χ1v) is 6.27. The lowest BCUT2D eigenvalue weighted by molar-refractivity contribution is 0.520. The predicted molar refractivity (Wildman–Crippen MR) is 69.8 cm³/mol. The van der Waals surface area contributed by atoms with Crippen molar-refractivity contribution < 1.29 is 0 Å². The van der Waals surface area contributed by atoms with Gasteiger partial charge in [-0.15, -0.1) is 0 Å². The van der Waals surface area contributed by atoms with Gasteiger partial charge in [0.05, 0.1) is 5.69 Å². The number of aromatic nitrogens is 1. The van der Waals surface area contributed by atoms with Crippen molar-refractivity contribution in [3.05, 3.63) is 11.8 Å². The summed E-state index contributed by atoms with van der Waals surface area (Å²) in [6.45, 7) is 7.27. The topological polar surface area (TPSA) is 58.0 Å². The van der Waals surface area contributed by atoms with E-state index in [9.17, 15) is 0 Å². The average Bonchev–Trinajstić information content (AvgIpc) is 2.85. The van der Waals surface area contributed by atoms with Gasteiger partial charge in [0.2, 0.25) is 0 Å². The minimum Gasteiger partial charge on any atom is -0.396 e. The van der Waals surface area contributed by atoms with Gasteiger partial charge >= 0.3 is 0 Å². The zero-order valence-electron chi connectivity index (χ0n) is 10.6. The van der Waals surface area contributed by atoms with E-state index in [4.69, 9.17) is 11.0 Å². The molecule has 0 aromatic carbocycles. The van der Waals surface area contributed by atoms with E-state index < -0.39 is 0 Å². The lowest BCUT2D eigenvalue weighted by Gasteiger charge is -2.22. The summed E-state index contributed by atoms with van der Waals surface area (Å²) in [5.41, 5.74) is 7.48. The Kier molecular flexibility index (Phi) is 3.28. The van der Waals surface area contributed by atoms with Gasteiger partial charge in [0.15, 0.2) is 0 Å². The van der Waals surface area contributed by atoms with E-state index in [0.717, 1.165) is 31.1 Å². The Hall–Kier alpha value is -1.63. The maximum atomic E-state index is 9.17. The maximum absolute atomic E-state index is 9.17. The first-order valence-electron chi connectivity index (χ1n) is 6.27. The Morgan fingerprint density at radius 3 is 2.59 bits per heavy atom. The smallest absolute Gasteiger partial charge is 0.133 e. The summed E-state index contributed by atoms with van der Waals surface area (Å²) in [7, 11) is 0. The fourth-order valence-corrected chi connectivity index (χ4v) is 2.48. The van der Waals surface area contributed by atoms with E-state index in [2.05, 4.69) is 29.4 Å². The summed E-state index contributed by atoms with van der Waals surface area (Å²) in [5, 5.41) is 9.17. The zero-order valence-corrected chi connectivity index (χ0v) is 10.6. The first-order chi connectivity index (χ1) is 8.13. The summed E-state index contributed by atoms with van der Waals surface area (Å²) in [6, 6.07) is 4.04. The summed E-state index contributed by atoms with van der Waals surface area (Å²) in [6.07, 6.45) is 2.43. The minimum absolute atomic E-state index is 0.509. The molecule has 0 saturated carbocycles. The third-order valence-corrected chi connectivity index (χ3v) is 3.16. The molecule has 1 aromatic heterocycles. The van der Waals surface area contributed by atoms with Gasteiger partial charge in [0.1, 0.15) is 17.6 Å². The number of hydrogen-bond donors (Lipinski definition) is 1. The van der Waals surface area contributed by atoms with Crippen LogP contribution in [0.4, 0.5) is 11.5 Å². The highest BCUT2D eigenvalue weighted by Gasteiger charge is 2.22. The molecule has 17 heavy (non-hydrogen) atoms. The molecule has 1 aliphatic rings. The third kappa shape index (κ3) is 2.23. The summed E-state index contributed by atoms with van der Waals surface area (Å²) in [5.74, 6) is 1.56. The first kappa shape index (κ1) is 11.8. The Morgan fingerprint density at radius 2 is 2.06 bits per heavy atom. The highest BCUT2D eigenvalue weighted by atomic mass is 15.3. The number of rotatable bonds is 3. The average molecular weight is 232 g/mol. The largest absolute Gasteiger partial charge is 0.396 e. The highest BCUT2D eigenvalue weighted by molar-refractivity contribution is 5.68. The summed E-state index contributed by atoms with van der Waals surface area (Å²) in [4.78, 5) is 2.30. The van der Waals surface area contributed by atoms with E-state index in [1.807, 2.05) is 0 Å². The molecular formula is C13H20N4. The van der Waals surface area contributed by atoms with Gasteiger partial charge in [-0.05, 0) is 24.8 Å². The van der Waals surface area contributed by atoms with E-state index in [1.54, 1.807) is 6.07 Å². The van der Waals surface area contributed by atoms with Crippen LogP contribution in [0, 0.1) is 17.2 Å². The van der Waals surface area contributed by atoms with Crippen molar-refractivity contribution in [2.24, 2.45) is 5.92 Å². The van der Waals surface area contributed by atoms with Crippen LogP contribution in [-0.2, 0) is 6.54 Å². The van der Waals surface area contributed by atoms with E-state index >= 15 is 0 Å². The van der Waals surface area contributed by atoms with Gasteiger partial charge in [0, 0.05) is 19.6 Å². The van der Waals surface area contributed by atoms with Crippen LogP contribution in [0.25, 0.3) is 0 Å². The highest BCUT2D eigenvalue weighted by Crippen LogP contribution is 2.31. The molecule has 0 radical (unpaired) electrons. The van der Waals surface area contributed by atoms with Gasteiger partial charge < -0.3 is 15.2 Å².